The Morgan fingerprint density at radius 2 is 1.68 bits per heavy atom. The van der Waals surface area contributed by atoms with Crippen LogP contribution in [0, 0.1) is 11.8 Å². The van der Waals surface area contributed by atoms with Crippen LogP contribution >= 0.6 is 0 Å². The van der Waals surface area contributed by atoms with Crippen LogP contribution < -0.4 is 10.6 Å². The van der Waals surface area contributed by atoms with Gasteiger partial charge >= 0.3 is 12.1 Å². The second-order valence-corrected chi connectivity index (χ2v) is 8.93. The van der Waals surface area contributed by atoms with Crippen LogP contribution in [0.3, 0.4) is 0 Å². The van der Waals surface area contributed by atoms with Crippen LogP contribution in [0.25, 0.3) is 11.1 Å². The summed E-state index contributed by atoms with van der Waals surface area (Å²) in [5.41, 5.74) is 4.57. The van der Waals surface area contributed by atoms with E-state index in [1.807, 2.05) is 24.3 Å². The van der Waals surface area contributed by atoms with Crippen molar-refractivity contribution in [3.8, 4) is 11.1 Å². The predicted octanol–water partition coefficient (Wildman–Crippen LogP) is 4.09. The van der Waals surface area contributed by atoms with Crippen LogP contribution in [0.2, 0.25) is 0 Å². The number of alkyl carbamates (subject to hydrolysis) is 1. The van der Waals surface area contributed by atoms with Crippen molar-refractivity contribution >= 4 is 18.0 Å². The lowest BCUT2D eigenvalue weighted by molar-refractivity contribution is -0.143. The summed E-state index contributed by atoms with van der Waals surface area (Å²) in [7, 11) is 0. The van der Waals surface area contributed by atoms with Gasteiger partial charge < -0.3 is 20.5 Å². The average molecular weight is 463 g/mol. The van der Waals surface area contributed by atoms with E-state index in [2.05, 4.69) is 41.5 Å². The Hall–Kier alpha value is -3.61. The molecule has 0 bridgehead atoms. The molecule has 2 aliphatic carbocycles. The highest BCUT2D eigenvalue weighted by Crippen LogP contribution is 2.44. The summed E-state index contributed by atoms with van der Waals surface area (Å²) in [4.78, 5) is 36.8. The number of rotatable bonds is 10. The molecular formula is C27H30N2O5. The first-order valence-electron chi connectivity index (χ1n) is 11.7. The summed E-state index contributed by atoms with van der Waals surface area (Å²) in [5.74, 6) is -1.89. The first-order chi connectivity index (χ1) is 16.5. The first kappa shape index (κ1) is 23.5. The molecule has 0 radical (unpaired) electrons. The number of amides is 2. The number of carbonyl (C=O) groups excluding carboxylic acids is 2. The Bertz CT molecular complexity index is 1030. The zero-order valence-electron chi connectivity index (χ0n) is 19.0. The highest BCUT2D eigenvalue weighted by molar-refractivity contribution is 5.86. The standard InChI is InChI=1S/C27H30N2O5/c1-2-8-24(26(31)32)29-25(30)22(17-9-7-10-17)15-28-27(33)34-16-23-20-13-5-3-11-18(20)19-12-4-6-14-21(19)23/h2-6,11-14,17,22-24H,1,7-10,15-16H2,(H,28,33)(H,29,30)(H,31,32). The van der Waals surface area contributed by atoms with Crippen molar-refractivity contribution < 1.29 is 24.2 Å². The maximum absolute atomic E-state index is 12.8. The SMILES string of the molecule is C=CCC(NC(=O)C(CNC(=O)OCC1c2ccccc2-c2ccccc21)C1CCC1)C(=O)O. The minimum absolute atomic E-state index is 0.0425. The van der Waals surface area contributed by atoms with Gasteiger partial charge in [0.2, 0.25) is 5.91 Å². The van der Waals surface area contributed by atoms with Gasteiger partial charge in [-0.1, -0.05) is 61.0 Å². The number of carboxylic acid groups (broad SMARTS) is 1. The Kier molecular flexibility index (Phi) is 7.30. The van der Waals surface area contributed by atoms with Crippen LogP contribution in [0.5, 0.6) is 0 Å². The number of hydrogen-bond donors (Lipinski definition) is 3. The lowest BCUT2D eigenvalue weighted by Gasteiger charge is -2.33. The fraction of sp³-hybridized carbons (Fsp3) is 0.370. The molecule has 0 aliphatic heterocycles. The monoisotopic (exact) mass is 462 g/mol. The number of nitrogens with one attached hydrogen (secondary N) is 2. The maximum Gasteiger partial charge on any atom is 0.407 e. The summed E-state index contributed by atoms with van der Waals surface area (Å²) >= 11 is 0. The number of hydrogen-bond acceptors (Lipinski definition) is 4. The minimum Gasteiger partial charge on any atom is -0.480 e. The van der Waals surface area contributed by atoms with Gasteiger partial charge in [0.05, 0.1) is 5.92 Å². The second-order valence-electron chi connectivity index (χ2n) is 8.93. The normalized spacial score (nSPS) is 16.4. The third-order valence-corrected chi connectivity index (χ3v) is 6.88. The number of carbonyl (C=O) groups is 3. The highest BCUT2D eigenvalue weighted by Gasteiger charge is 2.35. The van der Waals surface area contributed by atoms with E-state index >= 15 is 0 Å². The fourth-order valence-corrected chi connectivity index (χ4v) is 4.83. The predicted molar refractivity (Wildman–Crippen MR) is 128 cm³/mol. The van der Waals surface area contributed by atoms with Crippen molar-refractivity contribution in [3.63, 3.8) is 0 Å². The van der Waals surface area contributed by atoms with E-state index in [9.17, 15) is 19.5 Å². The third-order valence-electron chi connectivity index (χ3n) is 6.88. The van der Waals surface area contributed by atoms with Crippen molar-refractivity contribution in [3.05, 3.63) is 72.3 Å². The van der Waals surface area contributed by atoms with Crippen molar-refractivity contribution in [2.45, 2.75) is 37.6 Å². The molecule has 2 atom stereocenters. The zero-order valence-corrected chi connectivity index (χ0v) is 19.0. The van der Waals surface area contributed by atoms with E-state index in [0.29, 0.717) is 0 Å². The molecule has 0 saturated heterocycles. The summed E-state index contributed by atoms with van der Waals surface area (Å²) in [6.45, 7) is 3.85. The van der Waals surface area contributed by atoms with Gasteiger partial charge in [-0.2, -0.15) is 0 Å². The van der Waals surface area contributed by atoms with E-state index in [4.69, 9.17) is 4.74 Å². The molecule has 0 aromatic heterocycles. The van der Waals surface area contributed by atoms with Gasteiger partial charge in [-0.05, 0) is 47.4 Å². The van der Waals surface area contributed by atoms with Crippen LogP contribution in [-0.2, 0) is 14.3 Å². The van der Waals surface area contributed by atoms with Crippen molar-refractivity contribution in [2.24, 2.45) is 11.8 Å². The molecule has 2 unspecified atom stereocenters. The lowest BCUT2D eigenvalue weighted by Crippen LogP contribution is -2.49. The number of fused-ring (bicyclic) bond motifs is 3. The van der Waals surface area contributed by atoms with Gasteiger partial charge in [-0.15, -0.1) is 6.58 Å². The number of benzene rings is 2. The van der Waals surface area contributed by atoms with E-state index in [-0.39, 0.29) is 37.3 Å². The van der Waals surface area contributed by atoms with E-state index in [0.717, 1.165) is 41.5 Å². The van der Waals surface area contributed by atoms with E-state index < -0.39 is 24.0 Å². The Labute approximate surface area is 199 Å². The molecule has 1 saturated carbocycles. The molecule has 0 spiro atoms. The molecule has 2 aliphatic rings. The molecule has 2 aromatic carbocycles. The molecule has 178 valence electrons. The highest BCUT2D eigenvalue weighted by atomic mass is 16.5. The average Bonchev–Trinajstić information content (AvgIpc) is 3.12. The second kappa shape index (κ2) is 10.5. The van der Waals surface area contributed by atoms with Gasteiger partial charge in [-0.25, -0.2) is 9.59 Å². The molecule has 7 heteroatoms. The van der Waals surface area contributed by atoms with Crippen LogP contribution in [-0.4, -0.2) is 42.3 Å². The molecule has 2 amide bonds. The Morgan fingerprint density at radius 1 is 1.06 bits per heavy atom. The summed E-state index contributed by atoms with van der Waals surface area (Å²) in [5, 5.41) is 14.6. The maximum atomic E-state index is 12.8. The number of ether oxygens (including phenoxy) is 1. The summed E-state index contributed by atoms with van der Waals surface area (Å²) in [6, 6.07) is 15.2. The number of aliphatic carboxylic acids is 1. The minimum atomic E-state index is -1.11. The summed E-state index contributed by atoms with van der Waals surface area (Å²) in [6.07, 6.45) is 3.80. The third kappa shape index (κ3) is 4.98. The largest absolute Gasteiger partial charge is 0.480 e. The van der Waals surface area contributed by atoms with E-state index in [1.165, 1.54) is 6.08 Å². The van der Waals surface area contributed by atoms with Gasteiger partial charge in [0, 0.05) is 12.5 Å². The van der Waals surface area contributed by atoms with Crippen molar-refractivity contribution in [1.82, 2.24) is 10.6 Å². The lowest BCUT2D eigenvalue weighted by atomic mass is 9.75. The van der Waals surface area contributed by atoms with Gasteiger partial charge in [0.25, 0.3) is 0 Å². The number of carboxylic acids is 1. The van der Waals surface area contributed by atoms with Gasteiger partial charge in [-0.3, -0.25) is 4.79 Å². The molecule has 1 fully saturated rings. The van der Waals surface area contributed by atoms with Crippen molar-refractivity contribution in [2.75, 3.05) is 13.2 Å². The molecule has 7 nitrogen and oxygen atoms in total. The van der Waals surface area contributed by atoms with Gasteiger partial charge in [0.15, 0.2) is 0 Å². The van der Waals surface area contributed by atoms with Crippen LogP contribution in [0.4, 0.5) is 4.79 Å². The van der Waals surface area contributed by atoms with Crippen LogP contribution in [0.1, 0.15) is 42.7 Å². The molecule has 0 heterocycles. The van der Waals surface area contributed by atoms with E-state index in [1.54, 1.807) is 0 Å². The quantitative estimate of drug-likeness (QED) is 0.462. The Balaban J connectivity index is 1.35. The van der Waals surface area contributed by atoms with Crippen molar-refractivity contribution in [1.29, 1.82) is 0 Å². The topological polar surface area (TPSA) is 105 Å². The zero-order chi connectivity index (χ0) is 24.1. The smallest absolute Gasteiger partial charge is 0.407 e. The molecule has 2 aromatic rings. The van der Waals surface area contributed by atoms with Crippen LogP contribution in [0.15, 0.2) is 61.2 Å². The van der Waals surface area contributed by atoms with Gasteiger partial charge in [0.1, 0.15) is 12.6 Å². The molecular weight excluding hydrogens is 432 g/mol. The summed E-state index contributed by atoms with van der Waals surface area (Å²) < 4.78 is 5.57. The molecule has 34 heavy (non-hydrogen) atoms. The molecule has 4 rings (SSSR count). The Morgan fingerprint density at radius 3 is 2.21 bits per heavy atom. The fourth-order valence-electron chi connectivity index (χ4n) is 4.83. The first-order valence-corrected chi connectivity index (χ1v) is 11.7. The molecule has 3 N–H and O–H groups in total.